The molecule has 0 bridgehead atoms. The van der Waals surface area contributed by atoms with E-state index >= 15 is 0 Å². The molecule has 2 nitrogen and oxygen atoms in total. The number of benzene rings is 2. The third-order valence-electron chi connectivity index (χ3n) is 2.64. The number of nitrogens with one attached hydrogen (secondary N) is 1. The largest absolute Gasteiger partial charge is 0.497 e. The summed E-state index contributed by atoms with van der Waals surface area (Å²) < 4.78 is 5.17. The Morgan fingerprint density at radius 1 is 1.11 bits per heavy atom. The predicted octanol–water partition coefficient (Wildman–Crippen LogP) is 3.79. The van der Waals surface area contributed by atoms with Gasteiger partial charge in [0.05, 0.1) is 7.11 Å². The normalized spacial score (nSPS) is 9.89. The molecule has 0 unspecified atom stereocenters. The standard InChI is InChI=1S/C15H15NOS/c1-11-6-8-12(9-7-11)15(18)16-13-4-3-5-14(10-13)17-2/h3-10H,1-2H3,(H,16,18). The summed E-state index contributed by atoms with van der Waals surface area (Å²) in [6, 6.07) is 15.8. The molecular formula is C15H15NOS. The zero-order valence-corrected chi connectivity index (χ0v) is 11.3. The maximum absolute atomic E-state index is 5.37. The Hall–Kier alpha value is -1.87. The summed E-state index contributed by atoms with van der Waals surface area (Å²) in [5, 5.41) is 3.20. The lowest BCUT2D eigenvalue weighted by Crippen LogP contribution is -2.10. The molecule has 0 spiro atoms. The molecule has 0 aliphatic carbocycles. The maximum Gasteiger partial charge on any atom is 0.120 e. The molecule has 0 saturated carbocycles. The average molecular weight is 257 g/mol. The van der Waals surface area contributed by atoms with Crippen molar-refractivity contribution in [3.8, 4) is 5.75 Å². The molecule has 2 aromatic rings. The van der Waals surface area contributed by atoms with Crippen LogP contribution in [-0.4, -0.2) is 12.1 Å². The molecule has 2 rings (SSSR count). The van der Waals surface area contributed by atoms with E-state index in [1.54, 1.807) is 7.11 Å². The van der Waals surface area contributed by atoms with Crippen LogP contribution in [0.25, 0.3) is 0 Å². The van der Waals surface area contributed by atoms with Gasteiger partial charge in [-0.2, -0.15) is 0 Å². The minimum Gasteiger partial charge on any atom is -0.497 e. The molecule has 0 aliphatic heterocycles. The molecule has 1 N–H and O–H groups in total. The van der Waals surface area contributed by atoms with E-state index < -0.39 is 0 Å². The van der Waals surface area contributed by atoms with Gasteiger partial charge in [0.25, 0.3) is 0 Å². The molecule has 18 heavy (non-hydrogen) atoms. The van der Waals surface area contributed by atoms with Crippen LogP contribution < -0.4 is 10.1 Å². The highest BCUT2D eigenvalue weighted by Gasteiger charge is 2.02. The van der Waals surface area contributed by atoms with E-state index in [1.165, 1.54) is 5.56 Å². The number of ether oxygens (including phenoxy) is 1. The Morgan fingerprint density at radius 3 is 2.50 bits per heavy atom. The molecule has 92 valence electrons. The van der Waals surface area contributed by atoms with E-state index in [1.807, 2.05) is 36.4 Å². The second kappa shape index (κ2) is 5.65. The van der Waals surface area contributed by atoms with Gasteiger partial charge in [0.15, 0.2) is 0 Å². The van der Waals surface area contributed by atoms with Crippen LogP contribution in [0, 0.1) is 6.92 Å². The Bertz CT molecular complexity index is 549. The van der Waals surface area contributed by atoms with Crippen molar-refractivity contribution in [3.05, 3.63) is 59.7 Å². The van der Waals surface area contributed by atoms with E-state index in [-0.39, 0.29) is 0 Å². The Labute approximate surface area is 113 Å². The Morgan fingerprint density at radius 2 is 1.83 bits per heavy atom. The van der Waals surface area contributed by atoms with Gasteiger partial charge in [0.1, 0.15) is 10.7 Å². The highest BCUT2D eigenvalue weighted by Crippen LogP contribution is 2.17. The number of anilines is 1. The molecule has 2 aromatic carbocycles. The summed E-state index contributed by atoms with van der Waals surface area (Å²) in [7, 11) is 1.65. The van der Waals surface area contributed by atoms with Crippen LogP contribution in [0.4, 0.5) is 5.69 Å². The van der Waals surface area contributed by atoms with Crippen LogP contribution in [0.2, 0.25) is 0 Å². The van der Waals surface area contributed by atoms with Crippen molar-refractivity contribution in [2.75, 3.05) is 12.4 Å². The van der Waals surface area contributed by atoms with Crippen molar-refractivity contribution < 1.29 is 4.74 Å². The highest BCUT2D eigenvalue weighted by atomic mass is 32.1. The molecule has 0 atom stereocenters. The van der Waals surface area contributed by atoms with Gasteiger partial charge >= 0.3 is 0 Å². The zero-order valence-electron chi connectivity index (χ0n) is 10.4. The fraction of sp³-hybridized carbons (Fsp3) is 0.133. The van der Waals surface area contributed by atoms with E-state index in [4.69, 9.17) is 17.0 Å². The van der Waals surface area contributed by atoms with Gasteiger partial charge in [-0.05, 0) is 19.1 Å². The summed E-state index contributed by atoms with van der Waals surface area (Å²) in [6.07, 6.45) is 0. The summed E-state index contributed by atoms with van der Waals surface area (Å²) in [4.78, 5) is 0.711. The van der Waals surface area contributed by atoms with Crippen molar-refractivity contribution in [2.24, 2.45) is 0 Å². The summed E-state index contributed by atoms with van der Waals surface area (Å²) >= 11 is 5.37. The van der Waals surface area contributed by atoms with E-state index in [0.29, 0.717) is 4.99 Å². The van der Waals surface area contributed by atoms with Gasteiger partial charge in [-0.3, -0.25) is 0 Å². The minimum absolute atomic E-state index is 0.711. The second-order valence-corrected chi connectivity index (χ2v) is 4.46. The van der Waals surface area contributed by atoms with E-state index in [2.05, 4.69) is 24.4 Å². The quantitative estimate of drug-likeness (QED) is 0.845. The second-order valence-electron chi connectivity index (χ2n) is 4.05. The third kappa shape index (κ3) is 3.08. The van der Waals surface area contributed by atoms with E-state index in [0.717, 1.165) is 17.0 Å². The first-order valence-electron chi connectivity index (χ1n) is 5.71. The van der Waals surface area contributed by atoms with Crippen molar-refractivity contribution in [1.82, 2.24) is 0 Å². The van der Waals surface area contributed by atoms with Crippen LogP contribution >= 0.6 is 12.2 Å². The number of hydrogen-bond donors (Lipinski definition) is 1. The molecule has 0 saturated heterocycles. The van der Waals surface area contributed by atoms with Gasteiger partial charge in [0, 0.05) is 17.3 Å². The lowest BCUT2D eigenvalue weighted by atomic mass is 10.1. The Kier molecular flexibility index (Phi) is 3.95. The zero-order chi connectivity index (χ0) is 13.0. The average Bonchev–Trinajstić information content (AvgIpc) is 2.39. The Balaban J connectivity index is 2.13. The monoisotopic (exact) mass is 257 g/mol. The van der Waals surface area contributed by atoms with Gasteiger partial charge in [-0.25, -0.2) is 0 Å². The van der Waals surface area contributed by atoms with Gasteiger partial charge in [0.2, 0.25) is 0 Å². The number of hydrogen-bond acceptors (Lipinski definition) is 2. The summed E-state index contributed by atoms with van der Waals surface area (Å²) in [5.41, 5.74) is 3.17. The maximum atomic E-state index is 5.37. The van der Waals surface area contributed by atoms with Gasteiger partial charge in [-0.1, -0.05) is 48.1 Å². The van der Waals surface area contributed by atoms with Crippen LogP contribution in [0.1, 0.15) is 11.1 Å². The molecule has 3 heteroatoms. The van der Waals surface area contributed by atoms with Crippen molar-refractivity contribution >= 4 is 22.9 Å². The van der Waals surface area contributed by atoms with Crippen LogP contribution in [0.3, 0.4) is 0 Å². The molecule has 0 aromatic heterocycles. The lowest BCUT2D eigenvalue weighted by Gasteiger charge is -2.09. The highest BCUT2D eigenvalue weighted by molar-refractivity contribution is 7.81. The third-order valence-corrected chi connectivity index (χ3v) is 2.98. The van der Waals surface area contributed by atoms with Crippen LogP contribution in [-0.2, 0) is 0 Å². The molecule has 0 fully saturated rings. The first-order chi connectivity index (χ1) is 8.69. The fourth-order valence-corrected chi connectivity index (χ4v) is 1.86. The molecule has 0 aliphatic rings. The molecule has 0 radical (unpaired) electrons. The number of rotatable bonds is 3. The topological polar surface area (TPSA) is 21.3 Å². The van der Waals surface area contributed by atoms with Gasteiger partial charge < -0.3 is 10.1 Å². The molecule has 0 heterocycles. The fourth-order valence-electron chi connectivity index (χ4n) is 1.61. The SMILES string of the molecule is COc1cccc(NC(=S)c2ccc(C)cc2)c1. The molecule has 0 amide bonds. The predicted molar refractivity (Wildman–Crippen MR) is 79.5 cm³/mol. The number of methoxy groups -OCH3 is 1. The number of aryl methyl sites for hydroxylation is 1. The van der Waals surface area contributed by atoms with Crippen molar-refractivity contribution in [3.63, 3.8) is 0 Å². The minimum atomic E-state index is 0.711. The van der Waals surface area contributed by atoms with Crippen molar-refractivity contribution in [2.45, 2.75) is 6.92 Å². The smallest absolute Gasteiger partial charge is 0.120 e. The number of thiocarbonyl (C=S) groups is 1. The lowest BCUT2D eigenvalue weighted by molar-refractivity contribution is 0.415. The van der Waals surface area contributed by atoms with Crippen molar-refractivity contribution in [1.29, 1.82) is 0 Å². The van der Waals surface area contributed by atoms with E-state index in [9.17, 15) is 0 Å². The summed E-state index contributed by atoms with van der Waals surface area (Å²) in [6.45, 7) is 2.06. The first kappa shape index (κ1) is 12.6. The van der Waals surface area contributed by atoms with Crippen LogP contribution in [0.15, 0.2) is 48.5 Å². The first-order valence-corrected chi connectivity index (χ1v) is 6.12. The molecular weight excluding hydrogens is 242 g/mol. The van der Waals surface area contributed by atoms with Gasteiger partial charge in [-0.15, -0.1) is 0 Å². The summed E-state index contributed by atoms with van der Waals surface area (Å²) in [5.74, 6) is 0.812. The van der Waals surface area contributed by atoms with Crippen LogP contribution in [0.5, 0.6) is 5.75 Å².